The van der Waals surface area contributed by atoms with Crippen LogP contribution in [0.1, 0.15) is 24.9 Å². The number of hydrogen-bond acceptors (Lipinski definition) is 3. The van der Waals surface area contributed by atoms with Crippen LogP contribution in [0.15, 0.2) is 48.5 Å². The lowest BCUT2D eigenvalue weighted by Crippen LogP contribution is -2.29. The van der Waals surface area contributed by atoms with E-state index in [4.69, 9.17) is 9.57 Å². The molecular formula is C17H19NO2. The molecule has 0 spiro atoms. The first-order valence-corrected chi connectivity index (χ1v) is 6.98. The smallest absolute Gasteiger partial charge is 0.124 e. The van der Waals surface area contributed by atoms with Gasteiger partial charge in [0.1, 0.15) is 11.9 Å². The fourth-order valence-electron chi connectivity index (χ4n) is 2.73. The minimum Gasteiger partial charge on any atom is -0.488 e. The van der Waals surface area contributed by atoms with Crippen molar-refractivity contribution >= 4 is 0 Å². The fraction of sp³-hybridized carbons (Fsp3) is 0.294. The van der Waals surface area contributed by atoms with Crippen LogP contribution >= 0.6 is 0 Å². The van der Waals surface area contributed by atoms with Crippen LogP contribution in [0, 0.1) is 0 Å². The molecule has 0 aromatic heterocycles. The number of rotatable bonds is 4. The summed E-state index contributed by atoms with van der Waals surface area (Å²) in [5.41, 5.74) is 6.64. The molecule has 1 heterocycles. The number of nitrogens with one attached hydrogen (secondary N) is 1. The summed E-state index contributed by atoms with van der Waals surface area (Å²) < 4.78 is 5.97. The van der Waals surface area contributed by atoms with E-state index in [9.17, 15) is 0 Å². The molecule has 0 saturated carbocycles. The van der Waals surface area contributed by atoms with E-state index < -0.39 is 0 Å². The summed E-state index contributed by atoms with van der Waals surface area (Å²) in [4.78, 5) is 5.13. The molecule has 3 rings (SSSR count). The van der Waals surface area contributed by atoms with Crippen molar-refractivity contribution in [3.05, 3.63) is 54.1 Å². The lowest BCUT2D eigenvalue weighted by molar-refractivity contribution is 0.0283. The standard InChI is InChI=1S/C17H19NO2/c1-3-15-17(18-19-2)14-11-13(9-10-16(14)20-15)12-7-5-4-6-8-12/h4-11,15,17-18H,3H2,1-2H3. The molecule has 3 heteroatoms. The number of benzene rings is 2. The average Bonchev–Trinajstić information content (AvgIpc) is 2.86. The van der Waals surface area contributed by atoms with Crippen LogP contribution < -0.4 is 10.2 Å². The molecule has 2 atom stereocenters. The lowest BCUT2D eigenvalue weighted by Gasteiger charge is -2.17. The Bertz CT molecular complexity index is 583. The van der Waals surface area contributed by atoms with E-state index >= 15 is 0 Å². The van der Waals surface area contributed by atoms with Crippen molar-refractivity contribution in [2.24, 2.45) is 0 Å². The Labute approximate surface area is 119 Å². The van der Waals surface area contributed by atoms with Crippen molar-refractivity contribution in [1.82, 2.24) is 5.48 Å². The molecule has 2 unspecified atom stereocenters. The topological polar surface area (TPSA) is 30.5 Å². The molecule has 0 fully saturated rings. The molecule has 3 nitrogen and oxygen atoms in total. The predicted molar refractivity (Wildman–Crippen MR) is 79.5 cm³/mol. The van der Waals surface area contributed by atoms with Gasteiger partial charge in [-0.3, -0.25) is 0 Å². The largest absolute Gasteiger partial charge is 0.488 e. The Morgan fingerprint density at radius 1 is 1.10 bits per heavy atom. The third-order valence-corrected chi connectivity index (χ3v) is 3.75. The average molecular weight is 269 g/mol. The predicted octanol–water partition coefficient (Wildman–Crippen LogP) is 3.72. The van der Waals surface area contributed by atoms with E-state index in [1.165, 1.54) is 16.7 Å². The molecular weight excluding hydrogens is 250 g/mol. The molecule has 0 saturated heterocycles. The highest BCUT2D eigenvalue weighted by molar-refractivity contribution is 5.66. The van der Waals surface area contributed by atoms with Gasteiger partial charge < -0.3 is 9.57 Å². The lowest BCUT2D eigenvalue weighted by atomic mass is 9.98. The molecule has 0 amide bonds. The monoisotopic (exact) mass is 269 g/mol. The van der Waals surface area contributed by atoms with Gasteiger partial charge in [0.05, 0.1) is 13.2 Å². The van der Waals surface area contributed by atoms with Gasteiger partial charge in [-0.05, 0) is 29.7 Å². The summed E-state index contributed by atoms with van der Waals surface area (Å²) in [7, 11) is 1.64. The number of hydroxylamine groups is 1. The molecule has 1 aliphatic rings. The molecule has 0 bridgehead atoms. The van der Waals surface area contributed by atoms with Gasteiger partial charge in [-0.25, -0.2) is 0 Å². The van der Waals surface area contributed by atoms with Gasteiger partial charge in [0, 0.05) is 5.56 Å². The zero-order valence-electron chi connectivity index (χ0n) is 11.8. The second kappa shape index (κ2) is 5.65. The third kappa shape index (κ3) is 2.30. The number of hydrogen-bond donors (Lipinski definition) is 1. The van der Waals surface area contributed by atoms with Gasteiger partial charge in [0.15, 0.2) is 0 Å². The van der Waals surface area contributed by atoms with Crippen molar-refractivity contribution in [1.29, 1.82) is 0 Å². The number of fused-ring (bicyclic) bond motifs is 1. The van der Waals surface area contributed by atoms with Gasteiger partial charge in [-0.15, -0.1) is 0 Å². The normalized spacial score (nSPS) is 20.5. The Morgan fingerprint density at radius 3 is 2.60 bits per heavy atom. The summed E-state index contributed by atoms with van der Waals surface area (Å²) in [6.45, 7) is 2.12. The molecule has 1 N–H and O–H groups in total. The van der Waals surface area contributed by atoms with Crippen molar-refractivity contribution < 1.29 is 9.57 Å². The maximum atomic E-state index is 5.97. The van der Waals surface area contributed by atoms with Crippen molar-refractivity contribution in [2.45, 2.75) is 25.5 Å². The van der Waals surface area contributed by atoms with Crippen LogP contribution in [0.3, 0.4) is 0 Å². The minimum absolute atomic E-state index is 0.0867. The Kier molecular flexibility index (Phi) is 3.72. The number of ether oxygens (including phenoxy) is 1. The van der Waals surface area contributed by atoms with E-state index in [0.29, 0.717) is 0 Å². The Morgan fingerprint density at radius 2 is 1.90 bits per heavy atom. The summed E-state index contributed by atoms with van der Waals surface area (Å²) in [5, 5.41) is 0. The minimum atomic E-state index is 0.0867. The van der Waals surface area contributed by atoms with Crippen molar-refractivity contribution in [3.8, 4) is 16.9 Å². The van der Waals surface area contributed by atoms with Gasteiger partial charge in [0.2, 0.25) is 0 Å². The highest BCUT2D eigenvalue weighted by atomic mass is 16.6. The van der Waals surface area contributed by atoms with Crippen molar-refractivity contribution in [2.75, 3.05) is 7.11 Å². The van der Waals surface area contributed by atoms with E-state index in [1.807, 2.05) is 6.07 Å². The molecule has 2 aromatic carbocycles. The molecule has 0 radical (unpaired) electrons. The zero-order chi connectivity index (χ0) is 13.9. The first kappa shape index (κ1) is 13.2. The van der Waals surface area contributed by atoms with Crippen molar-refractivity contribution in [3.63, 3.8) is 0 Å². The molecule has 0 aliphatic carbocycles. The van der Waals surface area contributed by atoms with Crippen LogP contribution in [0.2, 0.25) is 0 Å². The quantitative estimate of drug-likeness (QED) is 0.858. The molecule has 2 aromatic rings. The summed E-state index contributed by atoms with van der Waals surface area (Å²) >= 11 is 0. The van der Waals surface area contributed by atoms with Crippen LogP contribution in [-0.4, -0.2) is 13.2 Å². The van der Waals surface area contributed by atoms with Crippen LogP contribution in [0.5, 0.6) is 5.75 Å². The molecule has 1 aliphatic heterocycles. The summed E-state index contributed by atoms with van der Waals surface area (Å²) in [6.07, 6.45) is 1.06. The zero-order valence-corrected chi connectivity index (χ0v) is 11.8. The SMILES string of the molecule is CCC1Oc2ccc(-c3ccccc3)cc2C1NOC. The molecule has 104 valence electrons. The Hall–Kier alpha value is -1.84. The second-order valence-electron chi connectivity index (χ2n) is 4.98. The van der Waals surface area contributed by atoms with Gasteiger partial charge in [-0.2, -0.15) is 5.48 Å². The van der Waals surface area contributed by atoms with E-state index in [1.54, 1.807) is 7.11 Å². The van der Waals surface area contributed by atoms with E-state index in [2.05, 4.69) is 54.9 Å². The maximum Gasteiger partial charge on any atom is 0.124 e. The van der Waals surface area contributed by atoms with E-state index in [0.717, 1.165) is 12.2 Å². The fourth-order valence-corrected chi connectivity index (χ4v) is 2.73. The molecule has 20 heavy (non-hydrogen) atoms. The first-order valence-electron chi connectivity index (χ1n) is 6.98. The van der Waals surface area contributed by atoms with Gasteiger partial charge in [0.25, 0.3) is 0 Å². The van der Waals surface area contributed by atoms with Crippen LogP contribution in [0.25, 0.3) is 11.1 Å². The summed E-state index contributed by atoms with van der Waals surface area (Å²) in [5.74, 6) is 0.950. The second-order valence-corrected chi connectivity index (χ2v) is 4.98. The van der Waals surface area contributed by atoms with E-state index in [-0.39, 0.29) is 12.1 Å². The maximum absolute atomic E-state index is 5.97. The highest BCUT2D eigenvalue weighted by Crippen LogP contribution is 2.40. The van der Waals surface area contributed by atoms with Gasteiger partial charge in [-0.1, -0.05) is 43.3 Å². The first-order chi connectivity index (χ1) is 9.83. The summed E-state index contributed by atoms with van der Waals surface area (Å²) in [6, 6.07) is 16.8. The highest BCUT2D eigenvalue weighted by Gasteiger charge is 2.33. The Balaban J connectivity index is 1.99. The van der Waals surface area contributed by atoms with Crippen LogP contribution in [-0.2, 0) is 4.84 Å². The third-order valence-electron chi connectivity index (χ3n) is 3.75. The van der Waals surface area contributed by atoms with Crippen LogP contribution in [0.4, 0.5) is 0 Å². The van der Waals surface area contributed by atoms with Gasteiger partial charge >= 0.3 is 0 Å².